The van der Waals surface area contributed by atoms with Crippen LogP contribution in [0.25, 0.3) is 11.6 Å². The van der Waals surface area contributed by atoms with E-state index in [1.807, 2.05) is 6.07 Å². The maximum atomic E-state index is 10.6. The summed E-state index contributed by atoms with van der Waals surface area (Å²) in [5.74, 6) is 0. The lowest BCUT2D eigenvalue weighted by atomic mass is 10.1. The van der Waals surface area contributed by atoms with Gasteiger partial charge < -0.3 is 0 Å². The van der Waals surface area contributed by atoms with E-state index in [9.17, 15) is 25.5 Å². The topological polar surface area (TPSA) is 110 Å². The first-order chi connectivity index (χ1) is 11.5. The van der Waals surface area contributed by atoms with Crippen molar-refractivity contribution in [1.29, 1.82) is 5.26 Å². The van der Waals surface area contributed by atoms with Crippen molar-refractivity contribution in [3.63, 3.8) is 0 Å². The van der Waals surface area contributed by atoms with Crippen molar-refractivity contribution in [1.82, 2.24) is 0 Å². The average molecular weight is 321 g/mol. The molecule has 0 heterocycles. The predicted molar refractivity (Wildman–Crippen MR) is 88.8 cm³/mol. The summed E-state index contributed by atoms with van der Waals surface area (Å²) >= 11 is 0. The Morgan fingerprint density at radius 3 is 1.88 bits per heavy atom. The molecule has 0 aliphatic rings. The molecule has 2 aromatic carbocycles. The van der Waals surface area contributed by atoms with Gasteiger partial charge in [0.2, 0.25) is 0 Å². The monoisotopic (exact) mass is 321 g/mol. The minimum atomic E-state index is -0.506. The summed E-state index contributed by atoms with van der Waals surface area (Å²) in [5, 5.41) is 30.4. The molecule has 0 fully saturated rings. The second-order valence-electron chi connectivity index (χ2n) is 4.70. The van der Waals surface area contributed by atoms with E-state index in [0.717, 1.165) is 5.56 Å². The molecule has 0 saturated heterocycles. The van der Waals surface area contributed by atoms with Crippen molar-refractivity contribution in [2.45, 2.75) is 0 Å². The van der Waals surface area contributed by atoms with Crippen LogP contribution < -0.4 is 0 Å². The number of nitro benzene ring substituents is 2. The number of hydrogen-bond donors (Lipinski definition) is 0. The van der Waals surface area contributed by atoms with E-state index in [-0.39, 0.29) is 11.4 Å². The van der Waals surface area contributed by atoms with Gasteiger partial charge in [0, 0.05) is 24.3 Å². The summed E-state index contributed by atoms with van der Waals surface area (Å²) in [4.78, 5) is 20.2. The van der Waals surface area contributed by atoms with Gasteiger partial charge >= 0.3 is 0 Å². The maximum absolute atomic E-state index is 10.6. The van der Waals surface area contributed by atoms with Crippen LogP contribution in [0.3, 0.4) is 0 Å². The summed E-state index contributed by atoms with van der Waals surface area (Å²) < 4.78 is 0. The number of allylic oxidation sites excluding steroid dienone is 3. The Kier molecular flexibility index (Phi) is 5.16. The molecule has 0 amide bonds. The minimum Gasteiger partial charge on any atom is -0.258 e. The number of hydrogen-bond acceptors (Lipinski definition) is 5. The first-order valence-electron chi connectivity index (χ1n) is 6.79. The molecule has 0 aromatic heterocycles. The van der Waals surface area contributed by atoms with Crippen LogP contribution in [0.4, 0.5) is 11.4 Å². The van der Waals surface area contributed by atoms with Gasteiger partial charge in [0.25, 0.3) is 11.4 Å². The fraction of sp³-hybridized carbons (Fsp3) is 0. The zero-order chi connectivity index (χ0) is 17.5. The first kappa shape index (κ1) is 16.6. The van der Waals surface area contributed by atoms with E-state index in [0.29, 0.717) is 11.1 Å². The van der Waals surface area contributed by atoms with Crippen LogP contribution in [0.15, 0.2) is 60.7 Å². The molecule has 0 radical (unpaired) electrons. The molecule has 0 atom stereocenters. The number of nitro groups is 2. The van der Waals surface area contributed by atoms with Crippen molar-refractivity contribution < 1.29 is 9.85 Å². The third-order valence-corrected chi connectivity index (χ3v) is 3.17. The molecule has 7 heteroatoms. The molecule has 24 heavy (non-hydrogen) atoms. The summed E-state index contributed by atoms with van der Waals surface area (Å²) in [6, 6.07) is 13.7. The molecule has 0 aliphatic heterocycles. The molecule has 0 unspecified atom stereocenters. The van der Waals surface area contributed by atoms with Crippen LogP contribution in [-0.2, 0) is 0 Å². The summed E-state index contributed by atoms with van der Waals surface area (Å²) in [6.45, 7) is 0. The Bertz CT molecular complexity index is 860. The highest BCUT2D eigenvalue weighted by atomic mass is 16.6. The fourth-order valence-electron chi connectivity index (χ4n) is 1.92. The van der Waals surface area contributed by atoms with Gasteiger partial charge in [-0.05, 0) is 41.5 Å². The molecular weight excluding hydrogens is 310 g/mol. The van der Waals surface area contributed by atoms with Crippen LogP contribution in [-0.4, -0.2) is 9.85 Å². The second-order valence-corrected chi connectivity index (χ2v) is 4.70. The maximum Gasteiger partial charge on any atom is 0.269 e. The van der Waals surface area contributed by atoms with Crippen molar-refractivity contribution in [3.8, 4) is 6.07 Å². The fourth-order valence-corrected chi connectivity index (χ4v) is 1.92. The summed E-state index contributed by atoms with van der Waals surface area (Å²) in [5.41, 5.74) is 1.63. The standard InChI is InChI=1S/C17H11N3O4/c18-12-15(14-6-10-17(11-7-14)20(23)24)3-1-2-13-4-8-16(9-5-13)19(21)22/h1-11H/b2-1+,15-3+. The molecule has 0 N–H and O–H groups in total. The van der Waals surface area contributed by atoms with Crippen LogP contribution >= 0.6 is 0 Å². The molecule has 0 bridgehead atoms. The Balaban J connectivity index is 2.17. The molecule has 0 saturated carbocycles. The second kappa shape index (κ2) is 7.47. The number of benzene rings is 2. The van der Waals surface area contributed by atoms with Gasteiger partial charge in [0.05, 0.1) is 21.5 Å². The molecular formula is C17H11N3O4. The Hall–Kier alpha value is -3.79. The van der Waals surface area contributed by atoms with Crippen LogP contribution in [0, 0.1) is 31.6 Å². The molecule has 2 aromatic rings. The van der Waals surface area contributed by atoms with Gasteiger partial charge in [-0.15, -0.1) is 0 Å². The van der Waals surface area contributed by atoms with Gasteiger partial charge in [-0.2, -0.15) is 5.26 Å². The van der Waals surface area contributed by atoms with Gasteiger partial charge in [-0.25, -0.2) is 0 Å². The van der Waals surface area contributed by atoms with Gasteiger partial charge in [0.15, 0.2) is 0 Å². The lowest BCUT2D eigenvalue weighted by Gasteiger charge is -1.97. The van der Waals surface area contributed by atoms with Gasteiger partial charge in [-0.3, -0.25) is 20.2 Å². The van der Waals surface area contributed by atoms with Gasteiger partial charge in [0.1, 0.15) is 0 Å². The van der Waals surface area contributed by atoms with E-state index in [1.54, 1.807) is 30.4 Å². The smallest absolute Gasteiger partial charge is 0.258 e. The predicted octanol–water partition coefficient (Wildman–Crippen LogP) is 4.12. The van der Waals surface area contributed by atoms with Crippen LogP contribution in [0.2, 0.25) is 0 Å². The lowest BCUT2D eigenvalue weighted by molar-refractivity contribution is -0.385. The molecule has 2 rings (SSSR count). The molecule has 118 valence electrons. The third kappa shape index (κ3) is 4.11. The van der Waals surface area contributed by atoms with Crippen molar-refractivity contribution in [2.75, 3.05) is 0 Å². The quantitative estimate of drug-likeness (QED) is 0.356. The Labute approximate surface area is 137 Å². The number of nitriles is 1. The highest BCUT2D eigenvalue weighted by Gasteiger charge is 2.06. The first-order valence-corrected chi connectivity index (χ1v) is 6.79. The Morgan fingerprint density at radius 1 is 0.917 bits per heavy atom. The largest absolute Gasteiger partial charge is 0.269 e. The van der Waals surface area contributed by atoms with Crippen molar-refractivity contribution in [3.05, 3.63) is 92.0 Å². The zero-order valence-electron chi connectivity index (χ0n) is 12.3. The Morgan fingerprint density at radius 2 is 1.42 bits per heavy atom. The molecule has 0 spiro atoms. The average Bonchev–Trinajstić information content (AvgIpc) is 2.59. The minimum absolute atomic E-state index is 0.00582. The summed E-state index contributed by atoms with van der Waals surface area (Å²) in [6.07, 6.45) is 4.91. The summed E-state index contributed by atoms with van der Waals surface area (Å²) in [7, 11) is 0. The van der Waals surface area contributed by atoms with Crippen LogP contribution in [0.5, 0.6) is 0 Å². The normalized spacial score (nSPS) is 11.2. The van der Waals surface area contributed by atoms with E-state index in [1.165, 1.54) is 36.4 Å². The highest BCUT2D eigenvalue weighted by Crippen LogP contribution is 2.19. The number of non-ortho nitro benzene ring substituents is 2. The molecule has 0 aliphatic carbocycles. The van der Waals surface area contributed by atoms with E-state index in [4.69, 9.17) is 0 Å². The SMILES string of the molecule is N#C/C(=C\C=C\c1ccc([N+](=O)[O-])cc1)c1ccc([N+](=O)[O-])cc1. The van der Waals surface area contributed by atoms with Gasteiger partial charge in [-0.1, -0.05) is 12.2 Å². The van der Waals surface area contributed by atoms with E-state index >= 15 is 0 Å². The van der Waals surface area contributed by atoms with Crippen molar-refractivity contribution in [2.24, 2.45) is 0 Å². The highest BCUT2D eigenvalue weighted by molar-refractivity contribution is 5.79. The van der Waals surface area contributed by atoms with Crippen LogP contribution in [0.1, 0.15) is 11.1 Å². The number of rotatable bonds is 5. The third-order valence-electron chi connectivity index (χ3n) is 3.17. The lowest BCUT2D eigenvalue weighted by Crippen LogP contribution is -1.88. The van der Waals surface area contributed by atoms with E-state index in [2.05, 4.69) is 0 Å². The van der Waals surface area contributed by atoms with Crippen molar-refractivity contribution >= 4 is 23.0 Å². The number of nitrogens with zero attached hydrogens (tertiary/aromatic N) is 3. The zero-order valence-corrected chi connectivity index (χ0v) is 12.3. The van der Waals surface area contributed by atoms with E-state index < -0.39 is 9.85 Å². The molecule has 7 nitrogen and oxygen atoms in total.